The Morgan fingerprint density at radius 3 is 2.67 bits per heavy atom. The summed E-state index contributed by atoms with van der Waals surface area (Å²) in [5, 5.41) is 0. The monoisotopic (exact) mass is 255 g/mol. The molecule has 0 aromatic heterocycles. The normalized spacial score (nSPS) is 13.8. The van der Waals surface area contributed by atoms with Gasteiger partial charge in [0.1, 0.15) is 11.6 Å². The SMILES string of the molecule is CCOC(=O)C(C)Oc1cc(F)ccc1[C@H](C)N. The Balaban J connectivity index is 2.88. The van der Waals surface area contributed by atoms with Gasteiger partial charge in [0.05, 0.1) is 6.61 Å². The molecule has 0 aliphatic carbocycles. The van der Waals surface area contributed by atoms with Gasteiger partial charge in [-0.15, -0.1) is 0 Å². The third-order valence-electron chi connectivity index (χ3n) is 2.39. The minimum absolute atomic E-state index is 0.269. The molecule has 0 amide bonds. The van der Waals surface area contributed by atoms with Crippen LogP contribution >= 0.6 is 0 Å². The van der Waals surface area contributed by atoms with E-state index in [0.717, 1.165) is 0 Å². The van der Waals surface area contributed by atoms with Crippen molar-refractivity contribution < 1.29 is 18.7 Å². The van der Waals surface area contributed by atoms with E-state index in [1.807, 2.05) is 0 Å². The van der Waals surface area contributed by atoms with E-state index in [0.29, 0.717) is 5.56 Å². The first-order valence-electron chi connectivity index (χ1n) is 5.84. The zero-order valence-electron chi connectivity index (χ0n) is 10.8. The molecule has 5 heteroatoms. The fourth-order valence-electron chi connectivity index (χ4n) is 1.48. The van der Waals surface area contributed by atoms with E-state index >= 15 is 0 Å². The van der Waals surface area contributed by atoms with Crippen molar-refractivity contribution in [2.24, 2.45) is 5.73 Å². The quantitative estimate of drug-likeness (QED) is 0.819. The number of halogens is 1. The number of rotatable bonds is 5. The van der Waals surface area contributed by atoms with Crippen molar-refractivity contribution in [3.8, 4) is 5.75 Å². The maximum absolute atomic E-state index is 13.2. The first kappa shape index (κ1) is 14.4. The summed E-state index contributed by atoms with van der Waals surface area (Å²) < 4.78 is 23.4. The van der Waals surface area contributed by atoms with Gasteiger partial charge >= 0.3 is 5.97 Å². The molecule has 0 aliphatic heterocycles. The molecular formula is C13H18FNO3. The van der Waals surface area contributed by atoms with Crippen molar-refractivity contribution in [3.63, 3.8) is 0 Å². The van der Waals surface area contributed by atoms with Crippen molar-refractivity contribution in [3.05, 3.63) is 29.6 Å². The van der Waals surface area contributed by atoms with Crippen molar-refractivity contribution in [2.45, 2.75) is 32.9 Å². The van der Waals surface area contributed by atoms with Crippen LogP contribution in [-0.2, 0) is 9.53 Å². The summed E-state index contributed by atoms with van der Waals surface area (Å²) in [4.78, 5) is 11.4. The fourth-order valence-corrected chi connectivity index (χ4v) is 1.48. The number of ether oxygens (including phenoxy) is 2. The van der Waals surface area contributed by atoms with Crippen LogP contribution in [-0.4, -0.2) is 18.7 Å². The van der Waals surface area contributed by atoms with Crippen LogP contribution in [0.4, 0.5) is 4.39 Å². The molecule has 0 radical (unpaired) electrons. The molecule has 100 valence electrons. The molecular weight excluding hydrogens is 237 g/mol. The van der Waals surface area contributed by atoms with E-state index in [2.05, 4.69) is 0 Å². The van der Waals surface area contributed by atoms with Gasteiger partial charge in [-0.05, 0) is 26.8 Å². The first-order chi connectivity index (χ1) is 8.45. The molecule has 1 aromatic carbocycles. The summed E-state index contributed by atoms with van der Waals surface area (Å²) in [5.74, 6) is -0.659. The number of esters is 1. The molecule has 2 atom stereocenters. The van der Waals surface area contributed by atoms with Crippen molar-refractivity contribution in [2.75, 3.05) is 6.61 Å². The second-order valence-electron chi connectivity index (χ2n) is 3.98. The highest BCUT2D eigenvalue weighted by Gasteiger charge is 2.18. The van der Waals surface area contributed by atoms with Gasteiger partial charge in [-0.25, -0.2) is 9.18 Å². The van der Waals surface area contributed by atoms with Crippen molar-refractivity contribution >= 4 is 5.97 Å². The van der Waals surface area contributed by atoms with Crippen LogP contribution in [0, 0.1) is 5.82 Å². The predicted molar refractivity (Wildman–Crippen MR) is 65.7 cm³/mol. The third-order valence-corrected chi connectivity index (χ3v) is 2.39. The van der Waals surface area contributed by atoms with Gasteiger partial charge in [0.25, 0.3) is 0 Å². The minimum atomic E-state index is -0.802. The largest absolute Gasteiger partial charge is 0.479 e. The van der Waals surface area contributed by atoms with E-state index in [4.69, 9.17) is 15.2 Å². The third kappa shape index (κ3) is 3.70. The minimum Gasteiger partial charge on any atom is -0.479 e. The van der Waals surface area contributed by atoms with Gasteiger partial charge in [-0.1, -0.05) is 6.07 Å². The van der Waals surface area contributed by atoms with Crippen LogP contribution in [0.2, 0.25) is 0 Å². The van der Waals surface area contributed by atoms with E-state index in [1.54, 1.807) is 26.8 Å². The van der Waals surface area contributed by atoms with E-state index in [1.165, 1.54) is 12.1 Å². The lowest BCUT2D eigenvalue weighted by molar-refractivity contribution is -0.150. The molecule has 1 rings (SSSR count). The van der Waals surface area contributed by atoms with Gasteiger partial charge in [-0.2, -0.15) is 0 Å². The summed E-state index contributed by atoms with van der Waals surface area (Å²) in [6, 6.07) is 3.76. The Kier molecular flexibility index (Phi) is 5.09. The van der Waals surface area contributed by atoms with E-state index < -0.39 is 17.9 Å². The summed E-state index contributed by atoms with van der Waals surface area (Å²) in [7, 11) is 0. The Bertz CT molecular complexity index is 421. The Labute approximate surface area is 106 Å². The summed E-state index contributed by atoms with van der Waals surface area (Å²) in [6.07, 6.45) is -0.802. The van der Waals surface area contributed by atoms with Gasteiger partial charge in [0.15, 0.2) is 6.10 Å². The maximum Gasteiger partial charge on any atom is 0.347 e. The van der Waals surface area contributed by atoms with Gasteiger partial charge in [-0.3, -0.25) is 0 Å². The van der Waals surface area contributed by atoms with Crippen molar-refractivity contribution in [1.29, 1.82) is 0 Å². The molecule has 4 nitrogen and oxygen atoms in total. The summed E-state index contributed by atoms with van der Waals surface area (Å²) in [6.45, 7) is 5.29. The lowest BCUT2D eigenvalue weighted by atomic mass is 10.1. The average molecular weight is 255 g/mol. The number of hydrogen-bond donors (Lipinski definition) is 1. The molecule has 2 N–H and O–H groups in total. The second kappa shape index (κ2) is 6.35. The predicted octanol–water partition coefficient (Wildman–Crippen LogP) is 2.18. The summed E-state index contributed by atoms with van der Waals surface area (Å²) in [5.41, 5.74) is 6.40. The highest BCUT2D eigenvalue weighted by atomic mass is 19.1. The molecule has 0 saturated carbocycles. The molecule has 0 aliphatic rings. The molecule has 0 fully saturated rings. The molecule has 0 saturated heterocycles. The lowest BCUT2D eigenvalue weighted by Gasteiger charge is -2.18. The lowest BCUT2D eigenvalue weighted by Crippen LogP contribution is -2.27. The van der Waals surface area contributed by atoms with Crippen LogP contribution in [0.3, 0.4) is 0 Å². The standard InChI is InChI=1S/C13H18FNO3/c1-4-17-13(16)9(3)18-12-7-10(14)5-6-11(12)8(2)15/h5-9H,4,15H2,1-3H3/t8-,9?/m0/s1. The van der Waals surface area contributed by atoms with Gasteiger partial charge in [0.2, 0.25) is 0 Å². The Morgan fingerprint density at radius 1 is 1.44 bits per heavy atom. The van der Waals surface area contributed by atoms with E-state index in [9.17, 15) is 9.18 Å². The van der Waals surface area contributed by atoms with Crippen LogP contribution in [0.25, 0.3) is 0 Å². The number of hydrogen-bond acceptors (Lipinski definition) is 4. The summed E-state index contributed by atoms with van der Waals surface area (Å²) >= 11 is 0. The fraction of sp³-hybridized carbons (Fsp3) is 0.462. The highest BCUT2D eigenvalue weighted by molar-refractivity contribution is 5.74. The first-order valence-corrected chi connectivity index (χ1v) is 5.84. The molecule has 0 bridgehead atoms. The smallest absolute Gasteiger partial charge is 0.347 e. The average Bonchev–Trinajstić information content (AvgIpc) is 2.28. The number of carbonyl (C=O) groups is 1. The Hall–Kier alpha value is -1.62. The molecule has 1 unspecified atom stereocenters. The number of nitrogens with two attached hydrogens (primary N) is 1. The zero-order valence-corrected chi connectivity index (χ0v) is 10.8. The second-order valence-corrected chi connectivity index (χ2v) is 3.98. The molecule has 0 spiro atoms. The van der Waals surface area contributed by atoms with Crippen LogP contribution < -0.4 is 10.5 Å². The number of benzene rings is 1. The zero-order chi connectivity index (χ0) is 13.7. The van der Waals surface area contributed by atoms with E-state index in [-0.39, 0.29) is 18.4 Å². The molecule has 1 aromatic rings. The molecule has 18 heavy (non-hydrogen) atoms. The van der Waals surface area contributed by atoms with Gasteiger partial charge < -0.3 is 15.2 Å². The van der Waals surface area contributed by atoms with Crippen LogP contribution in [0.5, 0.6) is 5.75 Å². The maximum atomic E-state index is 13.2. The van der Waals surface area contributed by atoms with Crippen LogP contribution in [0.15, 0.2) is 18.2 Å². The van der Waals surface area contributed by atoms with Crippen LogP contribution in [0.1, 0.15) is 32.4 Å². The topological polar surface area (TPSA) is 61.5 Å². The van der Waals surface area contributed by atoms with Gasteiger partial charge in [0, 0.05) is 17.7 Å². The van der Waals surface area contributed by atoms with Crippen molar-refractivity contribution in [1.82, 2.24) is 0 Å². The highest BCUT2D eigenvalue weighted by Crippen LogP contribution is 2.25. The number of carbonyl (C=O) groups excluding carboxylic acids is 1. The molecule has 0 heterocycles. The Morgan fingerprint density at radius 2 is 2.11 bits per heavy atom.